The standard InChI is InChI=1S/C18H22FN/c1-3-20-17(12-15-9-5-4-8-14(15)2)13-16-10-6-7-11-18(16)19/h4-11,17,20H,3,12-13H2,1-2H3. The predicted octanol–water partition coefficient (Wildman–Crippen LogP) is 3.90. The number of likely N-dealkylation sites (N-methyl/N-ethyl adjacent to an activating group) is 1. The van der Waals surface area contributed by atoms with Crippen LogP contribution in [0.2, 0.25) is 0 Å². The van der Waals surface area contributed by atoms with Crippen LogP contribution in [0.3, 0.4) is 0 Å². The quantitative estimate of drug-likeness (QED) is 0.840. The molecule has 0 spiro atoms. The Hall–Kier alpha value is -1.67. The van der Waals surface area contributed by atoms with Crippen LogP contribution in [0.5, 0.6) is 0 Å². The molecule has 0 saturated heterocycles. The molecule has 2 heteroatoms. The van der Waals surface area contributed by atoms with Gasteiger partial charge in [0.15, 0.2) is 0 Å². The van der Waals surface area contributed by atoms with E-state index >= 15 is 0 Å². The Balaban J connectivity index is 2.12. The summed E-state index contributed by atoms with van der Waals surface area (Å²) in [5.41, 5.74) is 3.41. The van der Waals surface area contributed by atoms with E-state index in [0.717, 1.165) is 24.9 Å². The molecule has 2 aromatic rings. The van der Waals surface area contributed by atoms with Gasteiger partial charge in [-0.2, -0.15) is 0 Å². The Morgan fingerprint density at radius 3 is 2.20 bits per heavy atom. The first-order chi connectivity index (χ1) is 9.70. The van der Waals surface area contributed by atoms with E-state index < -0.39 is 0 Å². The van der Waals surface area contributed by atoms with Crippen molar-refractivity contribution in [1.29, 1.82) is 0 Å². The van der Waals surface area contributed by atoms with Crippen LogP contribution in [0, 0.1) is 12.7 Å². The first kappa shape index (κ1) is 14.7. The maximum Gasteiger partial charge on any atom is 0.126 e. The summed E-state index contributed by atoms with van der Waals surface area (Å²) in [6, 6.07) is 15.7. The summed E-state index contributed by atoms with van der Waals surface area (Å²) in [6.45, 7) is 5.11. The second-order valence-electron chi connectivity index (χ2n) is 5.18. The van der Waals surface area contributed by atoms with Crippen LogP contribution in [-0.4, -0.2) is 12.6 Å². The molecule has 1 nitrogen and oxygen atoms in total. The third-order valence-electron chi connectivity index (χ3n) is 3.64. The van der Waals surface area contributed by atoms with Gasteiger partial charge in [-0.05, 0) is 49.1 Å². The van der Waals surface area contributed by atoms with Gasteiger partial charge in [-0.15, -0.1) is 0 Å². The lowest BCUT2D eigenvalue weighted by Gasteiger charge is -2.19. The highest BCUT2D eigenvalue weighted by molar-refractivity contribution is 5.27. The molecule has 1 unspecified atom stereocenters. The summed E-state index contributed by atoms with van der Waals surface area (Å²) in [6.07, 6.45) is 1.64. The van der Waals surface area contributed by atoms with Gasteiger partial charge in [-0.1, -0.05) is 49.4 Å². The minimum absolute atomic E-state index is 0.111. The molecule has 0 saturated carbocycles. The van der Waals surface area contributed by atoms with Gasteiger partial charge < -0.3 is 5.32 Å². The average Bonchev–Trinajstić information content (AvgIpc) is 2.44. The molecule has 0 bridgehead atoms. The smallest absolute Gasteiger partial charge is 0.126 e. The van der Waals surface area contributed by atoms with Crippen molar-refractivity contribution in [1.82, 2.24) is 5.32 Å². The molecule has 0 aromatic heterocycles. The van der Waals surface area contributed by atoms with E-state index in [1.165, 1.54) is 17.2 Å². The van der Waals surface area contributed by atoms with Crippen molar-refractivity contribution < 1.29 is 4.39 Å². The zero-order valence-corrected chi connectivity index (χ0v) is 12.2. The molecule has 0 aliphatic heterocycles. The Labute approximate surface area is 120 Å². The van der Waals surface area contributed by atoms with Crippen molar-refractivity contribution in [3.05, 3.63) is 71.0 Å². The normalized spacial score (nSPS) is 12.3. The molecule has 0 radical (unpaired) electrons. The van der Waals surface area contributed by atoms with Gasteiger partial charge in [0.2, 0.25) is 0 Å². The van der Waals surface area contributed by atoms with E-state index in [1.54, 1.807) is 6.07 Å². The van der Waals surface area contributed by atoms with Crippen LogP contribution in [0.15, 0.2) is 48.5 Å². The number of benzene rings is 2. The van der Waals surface area contributed by atoms with Crippen molar-refractivity contribution in [3.63, 3.8) is 0 Å². The summed E-state index contributed by atoms with van der Waals surface area (Å²) >= 11 is 0. The third kappa shape index (κ3) is 3.91. The molecule has 20 heavy (non-hydrogen) atoms. The minimum Gasteiger partial charge on any atom is -0.314 e. The van der Waals surface area contributed by atoms with Crippen LogP contribution >= 0.6 is 0 Å². The SMILES string of the molecule is CCNC(Cc1ccccc1C)Cc1ccccc1F. The molecule has 0 aliphatic rings. The highest BCUT2D eigenvalue weighted by Crippen LogP contribution is 2.14. The second-order valence-corrected chi connectivity index (χ2v) is 5.18. The molecule has 2 rings (SSSR count). The summed E-state index contributed by atoms with van der Waals surface area (Å²) in [7, 11) is 0. The molecule has 106 valence electrons. The molecular formula is C18H22FN. The van der Waals surface area contributed by atoms with Gasteiger partial charge in [-0.3, -0.25) is 0 Å². The van der Waals surface area contributed by atoms with Gasteiger partial charge in [0, 0.05) is 6.04 Å². The van der Waals surface area contributed by atoms with Gasteiger partial charge >= 0.3 is 0 Å². The van der Waals surface area contributed by atoms with Gasteiger partial charge in [-0.25, -0.2) is 4.39 Å². The highest BCUT2D eigenvalue weighted by atomic mass is 19.1. The maximum atomic E-state index is 13.8. The van der Waals surface area contributed by atoms with E-state index in [4.69, 9.17) is 0 Å². The third-order valence-corrected chi connectivity index (χ3v) is 3.64. The fraction of sp³-hybridized carbons (Fsp3) is 0.333. The van der Waals surface area contributed by atoms with E-state index in [1.807, 2.05) is 12.1 Å². The molecule has 0 amide bonds. The predicted molar refractivity (Wildman–Crippen MR) is 82.5 cm³/mol. The van der Waals surface area contributed by atoms with E-state index in [9.17, 15) is 4.39 Å². The van der Waals surface area contributed by atoms with E-state index in [2.05, 4.69) is 43.4 Å². The molecule has 1 N–H and O–H groups in total. The van der Waals surface area contributed by atoms with E-state index in [0.29, 0.717) is 0 Å². The molecule has 1 atom stereocenters. The monoisotopic (exact) mass is 271 g/mol. The number of aryl methyl sites for hydroxylation is 1. The van der Waals surface area contributed by atoms with Crippen LogP contribution in [0.4, 0.5) is 4.39 Å². The van der Waals surface area contributed by atoms with Crippen molar-refractivity contribution in [2.45, 2.75) is 32.7 Å². The second kappa shape index (κ2) is 7.20. The summed E-state index contributed by atoms with van der Waals surface area (Å²) < 4.78 is 13.8. The number of hydrogen-bond acceptors (Lipinski definition) is 1. The van der Waals surface area contributed by atoms with Crippen molar-refractivity contribution >= 4 is 0 Å². The fourth-order valence-electron chi connectivity index (χ4n) is 2.54. The van der Waals surface area contributed by atoms with Gasteiger partial charge in [0.25, 0.3) is 0 Å². The van der Waals surface area contributed by atoms with E-state index in [-0.39, 0.29) is 11.9 Å². The highest BCUT2D eigenvalue weighted by Gasteiger charge is 2.12. The molecule has 2 aromatic carbocycles. The Kier molecular flexibility index (Phi) is 5.31. The molecule has 0 aliphatic carbocycles. The fourth-order valence-corrected chi connectivity index (χ4v) is 2.54. The summed E-state index contributed by atoms with van der Waals surface area (Å²) in [4.78, 5) is 0. The minimum atomic E-state index is -0.111. The topological polar surface area (TPSA) is 12.0 Å². The maximum absolute atomic E-state index is 13.8. The van der Waals surface area contributed by atoms with Crippen LogP contribution in [0.1, 0.15) is 23.6 Å². The Morgan fingerprint density at radius 1 is 0.950 bits per heavy atom. The van der Waals surface area contributed by atoms with Crippen molar-refractivity contribution in [2.75, 3.05) is 6.54 Å². The first-order valence-corrected chi connectivity index (χ1v) is 7.22. The Bertz CT molecular complexity index is 503. The summed E-state index contributed by atoms with van der Waals surface area (Å²) in [5.74, 6) is -0.111. The van der Waals surface area contributed by atoms with Crippen molar-refractivity contribution in [2.24, 2.45) is 0 Å². The first-order valence-electron chi connectivity index (χ1n) is 7.22. The lowest BCUT2D eigenvalue weighted by atomic mass is 9.96. The lowest BCUT2D eigenvalue weighted by molar-refractivity contribution is 0.505. The zero-order valence-electron chi connectivity index (χ0n) is 12.2. The zero-order chi connectivity index (χ0) is 14.4. The Morgan fingerprint density at radius 2 is 1.55 bits per heavy atom. The van der Waals surface area contributed by atoms with Crippen molar-refractivity contribution in [3.8, 4) is 0 Å². The summed E-state index contributed by atoms with van der Waals surface area (Å²) in [5, 5.41) is 3.47. The van der Waals surface area contributed by atoms with Crippen LogP contribution < -0.4 is 5.32 Å². The number of halogens is 1. The van der Waals surface area contributed by atoms with Gasteiger partial charge in [0.05, 0.1) is 0 Å². The number of hydrogen-bond donors (Lipinski definition) is 1. The largest absolute Gasteiger partial charge is 0.314 e. The molecular weight excluding hydrogens is 249 g/mol. The number of rotatable bonds is 6. The molecule has 0 heterocycles. The van der Waals surface area contributed by atoms with Crippen LogP contribution in [-0.2, 0) is 12.8 Å². The molecule has 0 fully saturated rings. The lowest BCUT2D eigenvalue weighted by Crippen LogP contribution is -2.33. The average molecular weight is 271 g/mol. The van der Waals surface area contributed by atoms with Gasteiger partial charge in [0.1, 0.15) is 5.82 Å². The van der Waals surface area contributed by atoms with Crippen LogP contribution in [0.25, 0.3) is 0 Å². The number of nitrogens with one attached hydrogen (secondary N) is 1.